The predicted octanol–water partition coefficient (Wildman–Crippen LogP) is 11.4. The van der Waals surface area contributed by atoms with Crippen molar-refractivity contribution in [2.45, 2.75) is 167 Å². The van der Waals surface area contributed by atoms with Crippen LogP contribution in [-0.2, 0) is 28.6 Å². The van der Waals surface area contributed by atoms with E-state index in [9.17, 15) is 19.5 Å². The molecule has 2 atom stereocenters. The molecule has 0 heterocycles. The molecule has 0 aromatic heterocycles. The molecule has 8 heteroatoms. The molecule has 0 aliphatic heterocycles. The average molecular weight is 822 g/mol. The molecule has 0 N–H and O–H groups in total. The van der Waals surface area contributed by atoms with Crippen molar-refractivity contribution in [1.29, 1.82) is 0 Å². The Kier molecular flexibility index (Phi) is 38.4. The highest BCUT2D eigenvalue weighted by Crippen LogP contribution is 2.13. The van der Waals surface area contributed by atoms with E-state index in [1.165, 1.54) is 64.2 Å². The smallest absolute Gasteiger partial charge is 0.306 e. The van der Waals surface area contributed by atoms with Gasteiger partial charge in [0.2, 0.25) is 0 Å². The van der Waals surface area contributed by atoms with E-state index in [0.29, 0.717) is 12.8 Å². The number of ether oxygens (including phenoxy) is 3. The number of aliphatic carboxylic acids is 1. The van der Waals surface area contributed by atoms with Gasteiger partial charge in [-0.3, -0.25) is 9.59 Å². The van der Waals surface area contributed by atoms with Gasteiger partial charge in [-0.25, -0.2) is 0 Å². The number of carboxylic acids is 1. The molecule has 0 aliphatic rings. The lowest BCUT2D eigenvalue weighted by Gasteiger charge is -2.34. The topological polar surface area (TPSA) is 102 Å². The third-order valence-corrected chi connectivity index (χ3v) is 9.58. The van der Waals surface area contributed by atoms with Crippen LogP contribution in [0.25, 0.3) is 0 Å². The first kappa shape index (κ1) is 55.2. The van der Waals surface area contributed by atoms with Gasteiger partial charge >= 0.3 is 11.9 Å². The molecule has 0 saturated carbocycles. The zero-order chi connectivity index (χ0) is 43.5. The summed E-state index contributed by atoms with van der Waals surface area (Å²) in [4.78, 5) is 36.8. The van der Waals surface area contributed by atoms with Crippen LogP contribution in [0.1, 0.15) is 155 Å². The average Bonchev–Trinajstić information content (AvgIpc) is 3.19. The standard InChI is InChI=1S/C51H83NO7/c1-6-8-10-12-14-16-18-20-21-22-23-24-25-26-27-28-30-32-34-36-38-40-42-50(54)59-47(45-57-44-43-48(51(55)56)52(3,4)5)46-58-49(53)41-39-37-35-33-31-29-19-17-15-13-11-9-7-2/h9,11,13-17,19-21,23-24,29,31,33,35,47-48H,6-8,10,12,18,22,25-28,30,32,34,36-46H2,1-5H3/b11-9+,15-13+,16-14+,19-17+,21-20+,24-23+,31-29+,35-33+. The van der Waals surface area contributed by atoms with E-state index < -0.39 is 18.1 Å². The largest absolute Gasteiger partial charge is 0.544 e. The minimum atomic E-state index is -1.14. The minimum absolute atomic E-state index is 0.00960. The Balaban J connectivity index is 4.39. The molecule has 0 rings (SSSR count). The maximum Gasteiger partial charge on any atom is 0.306 e. The van der Waals surface area contributed by atoms with Crippen molar-refractivity contribution in [2.24, 2.45) is 0 Å². The van der Waals surface area contributed by atoms with Crippen LogP contribution in [0.5, 0.6) is 0 Å². The number of esters is 2. The highest BCUT2D eigenvalue weighted by molar-refractivity contribution is 5.70. The zero-order valence-corrected chi connectivity index (χ0v) is 37.9. The number of allylic oxidation sites excluding steroid dienone is 16. The second kappa shape index (κ2) is 41.0. The molecule has 8 nitrogen and oxygen atoms in total. The van der Waals surface area contributed by atoms with Crippen LogP contribution in [-0.4, -0.2) is 75.5 Å². The summed E-state index contributed by atoms with van der Waals surface area (Å²) in [5, 5.41) is 11.6. The normalized spacial score (nSPS) is 13.8. The quantitative estimate of drug-likeness (QED) is 0.0200. The van der Waals surface area contributed by atoms with Crippen molar-refractivity contribution in [2.75, 3.05) is 41.0 Å². The fourth-order valence-corrected chi connectivity index (χ4v) is 6.05. The predicted molar refractivity (Wildman–Crippen MR) is 245 cm³/mol. The number of hydrogen-bond acceptors (Lipinski definition) is 7. The number of unbranched alkanes of at least 4 members (excludes halogenated alkanes) is 13. The Morgan fingerprint density at radius 1 is 0.542 bits per heavy atom. The highest BCUT2D eigenvalue weighted by Gasteiger charge is 2.25. The molecule has 0 aromatic carbocycles. The summed E-state index contributed by atoms with van der Waals surface area (Å²) in [6.45, 7) is 4.39. The Morgan fingerprint density at radius 2 is 1.03 bits per heavy atom. The third kappa shape index (κ3) is 39.5. The second-order valence-electron chi connectivity index (χ2n) is 16.0. The van der Waals surface area contributed by atoms with E-state index >= 15 is 0 Å². The fraction of sp³-hybridized carbons (Fsp3) is 0.627. The molecule has 0 amide bonds. The summed E-state index contributed by atoms with van der Waals surface area (Å²) in [5.41, 5.74) is 0. The number of hydrogen-bond donors (Lipinski definition) is 0. The number of nitrogens with zero attached hydrogens (tertiary/aromatic N) is 1. The van der Waals surface area contributed by atoms with E-state index in [-0.39, 0.29) is 49.1 Å². The van der Waals surface area contributed by atoms with Crippen molar-refractivity contribution in [1.82, 2.24) is 0 Å². The highest BCUT2D eigenvalue weighted by atomic mass is 16.6. The van der Waals surface area contributed by atoms with Gasteiger partial charge in [-0.1, -0.05) is 169 Å². The van der Waals surface area contributed by atoms with Gasteiger partial charge in [0.25, 0.3) is 0 Å². The van der Waals surface area contributed by atoms with Gasteiger partial charge in [-0.2, -0.15) is 0 Å². The monoisotopic (exact) mass is 822 g/mol. The summed E-state index contributed by atoms with van der Waals surface area (Å²) in [5.74, 6) is -1.85. The molecule has 0 aromatic rings. The van der Waals surface area contributed by atoms with Crippen molar-refractivity contribution in [3.8, 4) is 0 Å². The Hall–Kier alpha value is -3.75. The lowest BCUT2D eigenvalue weighted by molar-refractivity contribution is -0.889. The molecule has 0 spiro atoms. The molecule has 59 heavy (non-hydrogen) atoms. The van der Waals surface area contributed by atoms with Crippen LogP contribution in [0.3, 0.4) is 0 Å². The SMILES string of the molecule is CC/C=C/C=C/C=C/C=C/C=C/CCCC(=O)OCC(COCCC(C(=O)[O-])[N+](C)(C)C)OC(=O)CCCCCCCCCCC/C=C/C/C=C/C/C=C/CCCCC. The first-order valence-electron chi connectivity index (χ1n) is 22.8. The second-order valence-corrected chi connectivity index (χ2v) is 16.0. The maximum atomic E-state index is 12.7. The van der Waals surface area contributed by atoms with Crippen LogP contribution in [0, 0.1) is 0 Å². The van der Waals surface area contributed by atoms with Gasteiger partial charge in [-0.05, 0) is 64.2 Å². The number of rotatable bonds is 39. The molecule has 0 fully saturated rings. The molecule has 2 unspecified atom stereocenters. The number of likely N-dealkylation sites (N-methyl/N-ethyl adjacent to an activating group) is 1. The third-order valence-electron chi connectivity index (χ3n) is 9.58. The Bertz CT molecular complexity index is 1280. The molecular formula is C51H83NO7. The number of quaternary nitrogens is 1. The van der Waals surface area contributed by atoms with Gasteiger partial charge in [0, 0.05) is 19.3 Å². The van der Waals surface area contributed by atoms with Crippen molar-refractivity contribution < 1.29 is 38.2 Å². The van der Waals surface area contributed by atoms with Crippen LogP contribution < -0.4 is 5.11 Å². The van der Waals surface area contributed by atoms with Crippen LogP contribution >= 0.6 is 0 Å². The first-order valence-corrected chi connectivity index (χ1v) is 22.8. The van der Waals surface area contributed by atoms with Crippen molar-refractivity contribution in [3.63, 3.8) is 0 Å². The van der Waals surface area contributed by atoms with Gasteiger partial charge in [0.05, 0.1) is 40.3 Å². The van der Waals surface area contributed by atoms with Gasteiger partial charge in [0.15, 0.2) is 6.10 Å². The molecule has 0 radical (unpaired) electrons. The maximum absolute atomic E-state index is 12.7. The van der Waals surface area contributed by atoms with E-state index in [1.54, 1.807) is 21.1 Å². The molecule has 0 bridgehead atoms. The lowest BCUT2D eigenvalue weighted by Crippen LogP contribution is -2.55. The number of carboxylic acid groups (broad SMARTS) is 1. The molecule has 334 valence electrons. The van der Waals surface area contributed by atoms with Crippen molar-refractivity contribution in [3.05, 3.63) is 97.2 Å². The van der Waals surface area contributed by atoms with Crippen molar-refractivity contribution >= 4 is 17.9 Å². The summed E-state index contributed by atoms with van der Waals surface area (Å²) in [7, 11) is 5.37. The molecular weight excluding hydrogens is 739 g/mol. The Labute approximate surface area is 360 Å². The van der Waals surface area contributed by atoms with Crippen LogP contribution in [0.4, 0.5) is 0 Å². The van der Waals surface area contributed by atoms with E-state index in [0.717, 1.165) is 51.4 Å². The number of carbonyl (C=O) groups excluding carboxylic acids is 3. The Morgan fingerprint density at radius 3 is 1.59 bits per heavy atom. The molecule has 0 saturated heterocycles. The minimum Gasteiger partial charge on any atom is -0.544 e. The van der Waals surface area contributed by atoms with E-state index in [2.05, 4.69) is 56.4 Å². The van der Waals surface area contributed by atoms with Gasteiger partial charge in [0.1, 0.15) is 12.6 Å². The van der Waals surface area contributed by atoms with E-state index in [1.807, 2.05) is 54.7 Å². The number of carbonyl (C=O) groups is 3. The summed E-state index contributed by atoms with van der Waals surface area (Å²) in [6.07, 6.45) is 54.5. The summed E-state index contributed by atoms with van der Waals surface area (Å²) in [6, 6.07) is -0.743. The summed E-state index contributed by atoms with van der Waals surface area (Å²) < 4.78 is 17.1. The van der Waals surface area contributed by atoms with Gasteiger partial charge in [-0.15, -0.1) is 0 Å². The lowest BCUT2D eigenvalue weighted by atomic mass is 10.1. The van der Waals surface area contributed by atoms with Gasteiger partial charge < -0.3 is 28.6 Å². The first-order chi connectivity index (χ1) is 28.6. The van der Waals surface area contributed by atoms with Crippen LogP contribution in [0.2, 0.25) is 0 Å². The van der Waals surface area contributed by atoms with E-state index in [4.69, 9.17) is 14.2 Å². The molecule has 0 aliphatic carbocycles. The van der Waals surface area contributed by atoms with Crippen LogP contribution in [0.15, 0.2) is 97.2 Å². The zero-order valence-electron chi connectivity index (χ0n) is 37.9. The fourth-order valence-electron chi connectivity index (χ4n) is 6.05. The summed E-state index contributed by atoms with van der Waals surface area (Å²) >= 11 is 0.